The third kappa shape index (κ3) is 3.54. The molecule has 0 bridgehead atoms. The second-order valence-electron chi connectivity index (χ2n) is 6.22. The van der Waals surface area contributed by atoms with Gasteiger partial charge in [-0.05, 0) is 25.0 Å². The summed E-state index contributed by atoms with van der Waals surface area (Å²) >= 11 is 0. The zero-order chi connectivity index (χ0) is 16.4. The maximum Gasteiger partial charge on any atom is 0.324 e. The van der Waals surface area contributed by atoms with Crippen molar-refractivity contribution in [1.82, 2.24) is 15.1 Å². The largest absolute Gasteiger partial charge is 0.371 e. The van der Waals surface area contributed by atoms with Gasteiger partial charge in [0, 0.05) is 26.2 Å². The molecule has 6 nitrogen and oxygen atoms in total. The van der Waals surface area contributed by atoms with Crippen molar-refractivity contribution >= 4 is 11.9 Å². The van der Waals surface area contributed by atoms with Crippen LogP contribution in [0.25, 0.3) is 0 Å². The third-order valence-electron chi connectivity index (χ3n) is 4.50. The van der Waals surface area contributed by atoms with E-state index in [0.29, 0.717) is 19.7 Å². The fraction of sp³-hybridized carbons (Fsp3) is 0.529. The smallest absolute Gasteiger partial charge is 0.324 e. The van der Waals surface area contributed by atoms with Crippen LogP contribution in [0.4, 0.5) is 4.79 Å². The van der Waals surface area contributed by atoms with Gasteiger partial charge in [-0.25, -0.2) is 4.79 Å². The lowest BCUT2D eigenvalue weighted by atomic mass is 10.00. The number of hydrogen-bond donors (Lipinski definition) is 1. The van der Waals surface area contributed by atoms with E-state index in [-0.39, 0.29) is 24.6 Å². The van der Waals surface area contributed by atoms with Crippen LogP contribution < -0.4 is 5.32 Å². The molecule has 23 heavy (non-hydrogen) atoms. The van der Waals surface area contributed by atoms with Gasteiger partial charge in [-0.3, -0.25) is 14.6 Å². The van der Waals surface area contributed by atoms with Gasteiger partial charge in [0.05, 0.1) is 19.3 Å². The summed E-state index contributed by atoms with van der Waals surface area (Å²) in [5.74, 6) is -0.144. The normalized spacial score (nSPS) is 22.5. The van der Waals surface area contributed by atoms with Crippen LogP contribution in [0.5, 0.6) is 0 Å². The number of nitrogens with zero attached hydrogens (tertiary/aromatic N) is 2. The van der Waals surface area contributed by atoms with Crippen molar-refractivity contribution in [3.05, 3.63) is 34.9 Å². The van der Waals surface area contributed by atoms with E-state index in [1.54, 1.807) is 0 Å². The maximum absolute atomic E-state index is 11.6. The Morgan fingerprint density at radius 2 is 2.09 bits per heavy atom. The lowest BCUT2D eigenvalue weighted by Crippen LogP contribution is -2.44. The van der Waals surface area contributed by atoms with E-state index in [1.165, 1.54) is 21.6 Å². The highest BCUT2D eigenvalue weighted by Crippen LogP contribution is 2.25. The molecular weight excluding hydrogens is 294 g/mol. The highest BCUT2D eigenvalue weighted by atomic mass is 16.5. The van der Waals surface area contributed by atoms with Crippen molar-refractivity contribution < 1.29 is 14.3 Å². The number of imide groups is 1. The molecule has 2 fully saturated rings. The molecule has 0 radical (unpaired) electrons. The Labute approximate surface area is 136 Å². The molecule has 2 aliphatic rings. The minimum absolute atomic E-state index is 0.0486. The van der Waals surface area contributed by atoms with Crippen molar-refractivity contribution in [2.75, 3.05) is 39.3 Å². The van der Waals surface area contributed by atoms with Crippen molar-refractivity contribution in [2.45, 2.75) is 20.0 Å². The van der Waals surface area contributed by atoms with Crippen LogP contribution in [0.15, 0.2) is 18.2 Å². The Balaban J connectivity index is 1.60. The molecule has 124 valence electrons. The Morgan fingerprint density at radius 3 is 2.78 bits per heavy atom. The zero-order valence-electron chi connectivity index (χ0n) is 13.7. The van der Waals surface area contributed by atoms with E-state index >= 15 is 0 Å². The number of ether oxygens (including phenoxy) is 1. The number of aryl methyl sites for hydroxylation is 2. The van der Waals surface area contributed by atoms with Gasteiger partial charge >= 0.3 is 6.03 Å². The Hall–Kier alpha value is -1.92. The Morgan fingerprint density at radius 1 is 1.26 bits per heavy atom. The standard InChI is InChI=1S/C17H23N3O3/c1-12-3-4-14(13(2)9-12)15-11-19(7-8-23-15)5-6-20-16(21)10-18-17(20)22/h3-4,9,15H,5-8,10-11H2,1-2H3,(H,18,22). The van der Waals surface area contributed by atoms with Crippen molar-refractivity contribution in [3.63, 3.8) is 0 Å². The fourth-order valence-electron chi connectivity index (χ4n) is 3.20. The average molecular weight is 317 g/mol. The monoisotopic (exact) mass is 317 g/mol. The summed E-state index contributed by atoms with van der Waals surface area (Å²) in [4.78, 5) is 26.7. The van der Waals surface area contributed by atoms with Gasteiger partial charge in [-0.1, -0.05) is 23.8 Å². The quantitative estimate of drug-likeness (QED) is 0.849. The van der Waals surface area contributed by atoms with Crippen molar-refractivity contribution in [2.24, 2.45) is 0 Å². The molecule has 2 heterocycles. The zero-order valence-corrected chi connectivity index (χ0v) is 13.7. The molecular formula is C17H23N3O3. The topological polar surface area (TPSA) is 61.9 Å². The van der Waals surface area contributed by atoms with E-state index in [2.05, 4.69) is 42.3 Å². The fourth-order valence-corrected chi connectivity index (χ4v) is 3.20. The molecule has 1 unspecified atom stereocenters. The summed E-state index contributed by atoms with van der Waals surface area (Å²) in [6, 6.07) is 6.13. The second kappa shape index (κ2) is 6.68. The van der Waals surface area contributed by atoms with Crippen LogP contribution in [-0.4, -0.2) is 61.1 Å². The maximum atomic E-state index is 11.6. The summed E-state index contributed by atoms with van der Waals surface area (Å²) in [6.45, 7) is 7.71. The van der Waals surface area contributed by atoms with Gasteiger partial charge in [0.2, 0.25) is 5.91 Å². The molecule has 0 spiro atoms. The summed E-state index contributed by atoms with van der Waals surface area (Å²) in [5, 5.41) is 2.55. The van der Waals surface area contributed by atoms with Gasteiger partial charge in [-0.15, -0.1) is 0 Å². The summed E-state index contributed by atoms with van der Waals surface area (Å²) in [7, 11) is 0. The number of carbonyl (C=O) groups excluding carboxylic acids is 2. The molecule has 3 rings (SSSR count). The lowest BCUT2D eigenvalue weighted by molar-refractivity contribution is -0.125. The molecule has 6 heteroatoms. The molecule has 1 N–H and O–H groups in total. The van der Waals surface area contributed by atoms with E-state index < -0.39 is 0 Å². The van der Waals surface area contributed by atoms with E-state index in [4.69, 9.17) is 4.74 Å². The minimum Gasteiger partial charge on any atom is -0.371 e. The Kier molecular flexibility index (Phi) is 4.63. The molecule has 1 aromatic carbocycles. The van der Waals surface area contributed by atoms with Gasteiger partial charge < -0.3 is 10.1 Å². The van der Waals surface area contributed by atoms with Crippen LogP contribution >= 0.6 is 0 Å². The minimum atomic E-state index is -0.283. The highest BCUT2D eigenvalue weighted by molar-refractivity contribution is 6.01. The van der Waals surface area contributed by atoms with Gasteiger partial charge in [0.15, 0.2) is 0 Å². The van der Waals surface area contributed by atoms with Crippen LogP contribution in [0, 0.1) is 13.8 Å². The molecule has 0 aromatic heterocycles. The van der Waals surface area contributed by atoms with Gasteiger partial charge in [-0.2, -0.15) is 0 Å². The number of urea groups is 1. The lowest BCUT2D eigenvalue weighted by Gasteiger charge is -2.34. The first-order chi connectivity index (χ1) is 11.0. The summed E-state index contributed by atoms with van der Waals surface area (Å²) in [6.07, 6.45) is 0.0486. The van der Waals surface area contributed by atoms with E-state index in [9.17, 15) is 9.59 Å². The first-order valence-electron chi connectivity index (χ1n) is 8.04. The molecule has 1 atom stereocenters. The first kappa shape index (κ1) is 16.0. The predicted octanol–water partition coefficient (Wildman–Crippen LogP) is 1.23. The van der Waals surface area contributed by atoms with E-state index in [1.807, 2.05) is 0 Å². The average Bonchev–Trinajstić information content (AvgIpc) is 2.84. The number of hydrogen-bond acceptors (Lipinski definition) is 4. The SMILES string of the molecule is Cc1ccc(C2CN(CCN3C(=O)CNC3=O)CCO2)c(C)c1. The third-order valence-corrected chi connectivity index (χ3v) is 4.50. The number of carbonyl (C=O) groups is 2. The molecule has 0 aliphatic carbocycles. The molecule has 1 aromatic rings. The second-order valence-corrected chi connectivity index (χ2v) is 6.22. The Bertz CT molecular complexity index is 601. The van der Waals surface area contributed by atoms with E-state index in [0.717, 1.165) is 13.1 Å². The summed E-state index contributed by atoms with van der Waals surface area (Å²) in [5.41, 5.74) is 3.71. The predicted molar refractivity (Wildman–Crippen MR) is 86.2 cm³/mol. The molecule has 0 saturated carbocycles. The van der Waals surface area contributed by atoms with Crippen molar-refractivity contribution in [1.29, 1.82) is 0 Å². The summed E-state index contributed by atoms with van der Waals surface area (Å²) < 4.78 is 5.93. The number of benzene rings is 1. The van der Waals surface area contributed by atoms with Gasteiger partial charge in [0.25, 0.3) is 0 Å². The number of amides is 3. The van der Waals surface area contributed by atoms with Gasteiger partial charge in [0.1, 0.15) is 0 Å². The number of rotatable bonds is 4. The van der Waals surface area contributed by atoms with Crippen LogP contribution in [-0.2, 0) is 9.53 Å². The van der Waals surface area contributed by atoms with Crippen LogP contribution in [0.1, 0.15) is 22.8 Å². The first-order valence-corrected chi connectivity index (χ1v) is 8.04. The van der Waals surface area contributed by atoms with Crippen LogP contribution in [0.3, 0.4) is 0 Å². The highest BCUT2D eigenvalue weighted by Gasteiger charge is 2.29. The number of nitrogens with one attached hydrogen (secondary N) is 1. The molecule has 2 aliphatic heterocycles. The molecule has 3 amide bonds. The molecule has 2 saturated heterocycles. The van der Waals surface area contributed by atoms with Crippen LogP contribution in [0.2, 0.25) is 0 Å². The van der Waals surface area contributed by atoms with Crippen molar-refractivity contribution in [3.8, 4) is 0 Å². The number of morpholine rings is 1.